The molecule has 1 aliphatic rings. The smallest absolute Gasteiger partial charge is 0.249 e. The third kappa shape index (κ3) is 3.62. The zero-order valence-electron chi connectivity index (χ0n) is 11.7. The number of amides is 1. The van der Waals surface area contributed by atoms with Crippen LogP contribution in [-0.2, 0) is 4.79 Å². The van der Waals surface area contributed by atoms with E-state index >= 15 is 0 Å². The lowest BCUT2D eigenvalue weighted by atomic mass is 9.97. The number of aliphatic hydroxyl groups is 1. The van der Waals surface area contributed by atoms with E-state index in [1.54, 1.807) is 0 Å². The lowest BCUT2D eigenvalue weighted by Gasteiger charge is -2.31. The van der Waals surface area contributed by atoms with E-state index in [1.807, 2.05) is 42.2 Å². The fourth-order valence-electron chi connectivity index (χ4n) is 2.46. The maximum absolute atomic E-state index is 12.4. The highest BCUT2D eigenvalue weighted by Gasteiger charge is 2.22. The number of halogens is 1. The monoisotopic (exact) mass is 293 g/mol. The van der Waals surface area contributed by atoms with Crippen LogP contribution in [0.2, 0.25) is 5.02 Å². The molecular weight excluding hydrogens is 274 g/mol. The number of hydrogen-bond acceptors (Lipinski definition) is 2. The minimum absolute atomic E-state index is 0.0568. The Morgan fingerprint density at radius 2 is 2.05 bits per heavy atom. The van der Waals surface area contributed by atoms with Gasteiger partial charge in [0, 0.05) is 30.3 Å². The maximum atomic E-state index is 12.4. The van der Waals surface area contributed by atoms with Crippen molar-refractivity contribution in [3.8, 4) is 0 Å². The number of likely N-dealkylation sites (tertiary alicyclic amines) is 1. The summed E-state index contributed by atoms with van der Waals surface area (Å²) < 4.78 is 0. The van der Waals surface area contributed by atoms with Gasteiger partial charge < -0.3 is 10.0 Å². The number of rotatable bonds is 3. The van der Waals surface area contributed by atoms with Crippen LogP contribution in [0.4, 0.5) is 0 Å². The molecule has 1 saturated heterocycles. The van der Waals surface area contributed by atoms with E-state index in [0.29, 0.717) is 16.5 Å². The first-order valence-electron chi connectivity index (χ1n) is 6.94. The van der Waals surface area contributed by atoms with Gasteiger partial charge in [0.05, 0.1) is 0 Å². The number of carbonyl (C=O) groups is 1. The largest absolute Gasteiger partial charge is 0.396 e. The third-order valence-electron chi connectivity index (χ3n) is 3.77. The highest BCUT2D eigenvalue weighted by molar-refractivity contribution is 6.32. The first-order chi connectivity index (χ1) is 9.61. The molecule has 1 fully saturated rings. The van der Waals surface area contributed by atoms with Crippen molar-refractivity contribution in [2.45, 2.75) is 19.8 Å². The van der Waals surface area contributed by atoms with Gasteiger partial charge >= 0.3 is 0 Å². The SMILES string of the molecule is C/C(=C/c1ccccc1Cl)C(=O)N1CCC(CO)CC1. The minimum atomic E-state index is 0.0568. The Balaban J connectivity index is 2.04. The van der Waals surface area contributed by atoms with Crippen molar-refractivity contribution in [3.63, 3.8) is 0 Å². The van der Waals surface area contributed by atoms with Crippen molar-refractivity contribution >= 4 is 23.6 Å². The average molecular weight is 294 g/mol. The Bertz CT molecular complexity index is 505. The van der Waals surface area contributed by atoms with Crippen LogP contribution in [0, 0.1) is 5.92 Å². The van der Waals surface area contributed by atoms with Crippen molar-refractivity contribution in [2.24, 2.45) is 5.92 Å². The maximum Gasteiger partial charge on any atom is 0.249 e. The summed E-state index contributed by atoms with van der Waals surface area (Å²) in [5.74, 6) is 0.396. The first kappa shape index (κ1) is 15.1. The molecule has 0 bridgehead atoms. The predicted octanol–water partition coefficient (Wildman–Crippen LogP) is 2.97. The van der Waals surface area contributed by atoms with Gasteiger partial charge in [-0.05, 0) is 43.4 Å². The molecule has 1 N–H and O–H groups in total. The normalized spacial score (nSPS) is 17.4. The molecule has 0 spiro atoms. The summed E-state index contributed by atoms with van der Waals surface area (Å²) in [6.45, 7) is 3.48. The van der Waals surface area contributed by atoms with E-state index in [9.17, 15) is 4.79 Å². The van der Waals surface area contributed by atoms with Gasteiger partial charge in [0.25, 0.3) is 0 Å². The number of carbonyl (C=O) groups excluding carboxylic acids is 1. The Labute approximate surface area is 124 Å². The zero-order chi connectivity index (χ0) is 14.5. The fourth-order valence-corrected chi connectivity index (χ4v) is 2.65. The van der Waals surface area contributed by atoms with E-state index < -0.39 is 0 Å². The second-order valence-corrected chi connectivity index (χ2v) is 5.67. The van der Waals surface area contributed by atoms with Gasteiger partial charge in [0.1, 0.15) is 0 Å². The van der Waals surface area contributed by atoms with Crippen LogP contribution in [0.25, 0.3) is 6.08 Å². The molecule has 0 aromatic heterocycles. The average Bonchev–Trinajstić information content (AvgIpc) is 2.49. The predicted molar refractivity (Wildman–Crippen MR) is 81.5 cm³/mol. The van der Waals surface area contributed by atoms with E-state index in [-0.39, 0.29) is 12.5 Å². The number of nitrogens with zero attached hydrogens (tertiary/aromatic N) is 1. The van der Waals surface area contributed by atoms with Gasteiger partial charge in [-0.15, -0.1) is 0 Å². The summed E-state index contributed by atoms with van der Waals surface area (Å²) >= 11 is 6.10. The van der Waals surface area contributed by atoms with Crippen LogP contribution in [0.3, 0.4) is 0 Å². The van der Waals surface area contributed by atoms with Crippen molar-refractivity contribution in [1.82, 2.24) is 4.90 Å². The minimum Gasteiger partial charge on any atom is -0.396 e. The van der Waals surface area contributed by atoms with Crippen molar-refractivity contribution < 1.29 is 9.90 Å². The highest BCUT2D eigenvalue weighted by Crippen LogP contribution is 2.21. The molecule has 1 aliphatic heterocycles. The lowest BCUT2D eigenvalue weighted by molar-refractivity contribution is -0.128. The van der Waals surface area contributed by atoms with Crippen LogP contribution in [0.1, 0.15) is 25.3 Å². The van der Waals surface area contributed by atoms with Crippen molar-refractivity contribution in [2.75, 3.05) is 19.7 Å². The Hall–Kier alpha value is -1.32. The van der Waals surface area contributed by atoms with E-state index in [2.05, 4.69) is 0 Å². The van der Waals surface area contributed by atoms with Gasteiger partial charge in [-0.25, -0.2) is 0 Å². The number of piperidine rings is 1. The summed E-state index contributed by atoms with van der Waals surface area (Å²) in [7, 11) is 0. The van der Waals surface area contributed by atoms with Gasteiger partial charge in [-0.1, -0.05) is 29.8 Å². The standard InChI is InChI=1S/C16H20ClNO2/c1-12(10-14-4-2-3-5-15(14)17)16(20)18-8-6-13(11-19)7-9-18/h2-5,10,13,19H,6-9,11H2,1H3/b12-10-. The molecule has 2 rings (SSSR count). The summed E-state index contributed by atoms with van der Waals surface area (Å²) in [5.41, 5.74) is 1.56. The molecular formula is C16H20ClNO2. The van der Waals surface area contributed by atoms with Crippen LogP contribution < -0.4 is 0 Å². The third-order valence-corrected chi connectivity index (χ3v) is 4.12. The molecule has 0 unspecified atom stereocenters. The quantitative estimate of drug-likeness (QED) is 0.871. The van der Waals surface area contributed by atoms with Crippen LogP contribution in [0.5, 0.6) is 0 Å². The molecule has 108 valence electrons. The first-order valence-corrected chi connectivity index (χ1v) is 7.32. The second-order valence-electron chi connectivity index (χ2n) is 5.27. The number of hydrogen-bond donors (Lipinski definition) is 1. The molecule has 1 amide bonds. The molecule has 4 heteroatoms. The Morgan fingerprint density at radius 3 is 2.65 bits per heavy atom. The molecule has 1 aromatic carbocycles. The van der Waals surface area contributed by atoms with Gasteiger partial charge in [0.15, 0.2) is 0 Å². The summed E-state index contributed by atoms with van der Waals surface area (Å²) in [6, 6.07) is 7.49. The van der Waals surface area contributed by atoms with Crippen LogP contribution in [-0.4, -0.2) is 35.6 Å². The fraction of sp³-hybridized carbons (Fsp3) is 0.438. The summed E-state index contributed by atoms with van der Waals surface area (Å²) in [4.78, 5) is 14.2. The molecule has 0 radical (unpaired) electrons. The highest BCUT2D eigenvalue weighted by atomic mass is 35.5. The van der Waals surface area contributed by atoms with E-state index in [0.717, 1.165) is 31.5 Å². The molecule has 0 atom stereocenters. The lowest BCUT2D eigenvalue weighted by Crippen LogP contribution is -2.39. The van der Waals surface area contributed by atoms with E-state index in [4.69, 9.17) is 16.7 Å². The molecule has 1 aromatic rings. The molecule has 0 saturated carbocycles. The Morgan fingerprint density at radius 1 is 1.40 bits per heavy atom. The topological polar surface area (TPSA) is 40.5 Å². The van der Waals surface area contributed by atoms with Gasteiger partial charge in [-0.2, -0.15) is 0 Å². The van der Waals surface area contributed by atoms with Crippen molar-refractivity contribution in [3.05, 3.63) is 40.4 Å². The van der Waals surface area contributed by atoms with Gasteiger partial charge in [-0.3, -0.25) is 4.79 Å². The number of benzene rings is 1. The second kappa shape index (κ2) is 6.91. The van der Waals surface area contributed by atoms with Gasteiger partial charge in [0.2, 0.25) is 5.91 Å². The summed E-state index contributed by atoms with van der Waals surface area (Å²) in [5, 5.41) is 9.77. The zero-order valence-corrected chi connectivity index (χ0v) is 12.4. The van der Waals surface area contributed by atoms with Crippen LogP contribution >= 0.6 is 11.6 Å². The molecule has 0 aliphatic carbocycles. The molecule has 1 heterocycles. The number of aliphatic hydroxyl groups excluding tert-OH is 1. The molecule has 3 nitrogen and oxygen atoms in total. The summed E-state index contributed by atoms with van der Waals surface area (Å²) in [6.07, 6.45) is 3.59. The van der Waals surface area contributed by atoms with E-state index in [1.165, 1.54) is 0 Å². The Kier molecular flexibility index (Phi) is 5.21. The van der Waals surface area contributed by atoms with Crippen molar-refractivity contribution in [1.29, 1.82) is 0 Å². The van der Waals surface area contributed by atoms with Crippen LogP contribution in [0.15, 0.2) is 29.8 Å². The molecule has 20 heavy (non-hydrogen) atoms.